The molecule has 2 nitrogen and oxygen atoms in total. The first kappa shape index (κ1) is 13.8. The number of benzene rings is 2. The maximum absolute atomic E-state index is 12.3. The summed E-state index contributed by atoms with van der Waals surface area (Å²) in [5.74, 6) is 0.929. The molecule has 0 spiro atoms. The Morgan fingerprint density at radius 3 is 2.47 bits per heavy atom. The summed E-state index contributed by atoms with van der Waals surface area (Å²) in [4.78, 5) is 12.3. The number of methoxy groups -OCH3 is 1. The Bertz CT molecular complexity index is 588. The highest BCUT2D eigenvalue weighted by molar-refractivity contribution is 9.10. The predicted molar refractivity (Wildman–Crippen MR) is 79.9 cm³/mol. The first-order valence-corrected chi connectivity index (χ1v) is 6.81. The number of ketones is 1. The van der Waals surface area contributed by atoms with Gasteiger partial charge in [-0.25, -0.2) is 0 Å². The SMILES string of the molecule is COc1ccc(CC(=O)c2cc(Br)ccc2C)cc1. The summed E-state index contributed by atoms with van der Waals surface area (Å²) >= 11 is 3.40. The zero-order valence-corrected chi connectivity index (χ0v) is 12.5. The Labute approximate surface area is 121 Å². The largest absolute Gasteiger partial charge is 0.497 e. The van der Waals surface area contributed by atoms with Crippen molar-refractivity contribution in [2.24, 2.45) is 0 Å². The van der Waals surface area contributed by atoms with E-state index in [1.807, 2.05) is 49.4 Å². The molecule has 3 heteroatoms. The van der Waals surface area contributed by atoms with Crippen molar-refractivity contribution in [2.45, 2.75) is 13.3 Å². The molecule has 0 N–H and O–H groups in total. The van der Waals surface area contributed by atoms with Gasteiger partial charge in [0.15, 0.2) is 5.78 Å². The lowest BCUT2D eigenvalue weighted by Gasteiger charge is -2.06. The van der Waals surface area contributed by atoms with Crippen molar-refractivity contribution >= 4 is 21.7 Å². The molecule has 2 aromatic rings. The first-order chi connectivity index (χ1) is 9.10. The summed E-state index contributed by atoms with van der Waals surface area (Å²) in [5, 5.41) is 0. The van der Waals surface area contributed by atoms with E-state index in [0.29, 0.717) is 6.42 Å². The lowest BCUT2D eigenvalue weighted by Crippen LogP contribution is -2.05. The van der Waals surface area contributed by atoms with Gasteiger partial charge in [-0.05, 0) is 42.3 Å². The Hall–Kier alpha value is -1.61. The zero-order chi connectivity index (χ0) is 13.8. The van der Waals surface area contributed by atoms with E-state index in [9.17, 15) is 4.79 Å². The van der Waals surface area contributed by atoms with Crippen molar-refractivity contribution in [1.82, 2.24) is 0 Å². The number of ether oxygens (including phenoxy) is 1. The van der Waals surface area contributed by atoms with Gasteiger partial charge in [-0.3, -0.25) is 4.79 Å². The molecule has 2 aromatic carbocycles. The Kier molecular flexibility index (Phi) is 4.38. The van der Waals surface area contributed by atoms with Crippen LogP contribution in [0.3, 0.4) is 0 Å². The van der Waals surface area contributed by atoms with Crippen LogP contribution in [0.25, 0.3) is 0 Å². The molecule has 0 atom stereocenters. The second-order valence-electron chi connectivity index (χ2n) is 4.41. The molecular weight excluding hydrogens is 304 g/mol. The van der Waals surface area contributed by atoms with Crippen molar-refractivity contribution in [3.8, 4) is 5.75 Å². The van der Waals surface area contributed by atoms with Gasteiger partial charge in [0.25, 0.3) is 0 Å². The highest BCUT2D eigenvalue weighted by Crippen LogP contribution is 2.19. The molecule has 0 aliphatic rings. The standard InChI is InChI=1S/C16H15BrO2/c1-11-3-6-13(17)10-15(11)16(18)9-12-4-7-14(19-2)8-5-12/h3-8,10H,9H2,1-2H3. The molecule has 0 aliphatic carbocycles. The molecule has 0 fully saturated rings. The average molecular weight is 319 g/mol. The molecule has 2 rings (SSSR count). The Morgan fingerprint density at radius 1 is 1.16 bits per heavy atom. The average Bonchev–Trinajstić information content (AvgIpc) is 2.42. The minimum Gasteiger partial charge on any atom is -0.497 e. The summed E-state index contributed by atoms with van der Waals surface area (Å²) in [5.41, 5.74) is 2.76. The van der Waals surface area contributed by atoms with Crippen LogP contribution in [-0.4, -0.2) is 12.9 Å². The zero-order valence-electron chi connectivity index (χ0n) is 10.9. The van der Waals surface area contributed by atoms with Crippen LogP contribution in [0.5, 0.6) is 5.75 Å². The van der Waals surface area contributed by atoms with Gasteiger partial charge in [0.1, 0.15) is 5.75 Å². The van der Waals surface area contributed by atoms with Gasteiger partial charge in [0.05, 0.1) is 7.11 Å². The lowest BCUT2D eigenvalue weighted by molar-refractivity contribution is 0.0992. The summed E-state index contributed by atoms with van der Waals surface area (Å²) in [6.07, 6.45) is 0.404. The molecule has 0 aromatic heterocycles. The van der Waals surface area contributed by atoms with Crippen molar-refractivity contribution in [1.29, 1.82) is 0 Å². The number of carbonyl (C=O) groups is 1. The predicted octanol–water partition coefficient (Wildman–Crippen LogP) is 4.19. The van der Waals surface area contributed by atoms with E-state index in [0.717, 1.165) is 26.9 Å². The van der Waals surface area contributed by atoms with Gasteiger partial charge in [-0.2, -0.15) is 0 Å². The number of carbonyl (C=O) groups excluding carboxylic acids is 1. The highest BCUT2D eigenvalue weighted by atomic mass is 79.9. The number of hydrogen-bond acceptors (Lipinski definition) is 2. The summed E-state index contributed by atoms with van der Waals surface area (Å²) in [7, 11) is 1.63. The molecule has 0 aliphatic heterocycles. The molecule has 0 saturated carbocycles. The van der Waals surface area contributed by atoms with E-state index >= 15 is 0 Å². The van der Waals surface area contributed by atoms with Crippen LogP contribution >= 0.6 is 15.9 Å². The quantitative estimate of drug-likeness (QED) is 0.790. The molecule has 0 saturated heterocycles. The summed E-state index contributed by atoms with van der Waals surface area (Å²) in [6.45, 7) is 1.95. The number of hydrogen-bond donors (Lipinski definition) is 0. The van der Waals surface area contributed by atoms with Crippen LogP contribution in [0.1, 0.15) is 21.5 Å². The Balaban J connectivity index is 2.18. The fraction of sp³-hybridized carbons (Fsp3) is 0.188. The molecule has 0 radical (unpaired) electrons. The third-order valence-corrected chi connectivity index (χ3v) is 3.52. The minimum atomic E-state index is 0.129. The smallest absolute Gasteiger partial charge is 0.167 e. The molecule has 0 unspecified atom stereocenters. The molecule has 98 valence electrons. The summed E-state index contributed by atoms with van der Waals surface area (Å²) in [6, 6.07) is 13.4. The monoisotopic (exact) mass is 318 g/mol. The first-order valence-electron chi connectivity index (χ1n) is 6.02. The van der Waals surface area contributed by atoms with Crippen LogP contribution in [-0.2, 0) is 6.42 Å². The van der Waals surface area contributed by atoms with E-state index in [1.54, 1.807) is 7.11 Å². The van der Waals surface area contributed by atoms with Crippen LogP contribution < -0.4 is 4.74 Å². The highest BCUT2D eigenvalue weighted by Gasteiger charge is 2.10. The minimum absolute atomic E-state index is 0.129. The Morgan fingerprint density at radius 2 is 1.84 bits per heavy atom. The topological polar surface area (TPSA) is 26.3 Å². The molecule has 0 bridgehead atoms. The number of halogens is 1. The van der Waals surface area contributed by atoms with Gasteiger partial charge in [0, 0.05) is 16.5 Å². The van der Waals surface area contributed by atoms with Crippen molar-refractivity contribution in [2.75, 3.05) is 7.11 Å². The van der Waals surface area contributed by atoms with Crippen LogP contribution in [0, 0.1) is 6.92 Å². The normalized spacial score (nSPS) is 10.3. The second kappa shape index (κ2) is 6.02. The molecular formula is C16H15BrO2. The van der Waals surface area contributed by atoms with E-state index < -0.39 is 0 Å². The van der Waals surface area contributed by atoms with Crippen molar-refractivity contribution in [3.63, 3.8) is 0 Å². The van der Waals surface area contributed by atoms with Gasteiger partial charge in [-0.15, -0.1) is 0 Å². The number of rotatable bonds is 4. The van der Waals surface area contributed by atoms with E-state index in [2.05, 4.69) is 15.9 Å². The number of Topliss-reactive ketones (excluding diaryl/α,β-unsaturated/α-hetero) is 1. The molecule has 19 heavy (non-hydrogen) atoms. The summed E-state index contributed by atoms with van der Waals surface area (Å²) < 4.78 is 6.03. The van der Waals surface area contributed by atoms with Gasteiger partial charge >= 0.3 is 0 Å². The van der Waals surface area contributed by atoms with E-state index in [1.165, 1.54) is 0 Å². The maximum atomic E-state index is 12.3. The van der Waals surface area contributed by atoms with Gasteiger partial charge < -0.3 is 4.74 Å². The fourth-order valence-electron chi connectivity index (χ4n) is 1.92. The van der Waals surface area contributed by atoms with E-state index in [4.69, 9.17) is 4.74 Å². The van der Waals surface area contributed by atoms with Gasteiger partial charge in [-0.1, -0.05) is 34.1 Å². The van der Waals surface area contributed by atoms with Crippen LogP contribution in [0.15, 0.2) is 46.9 Å². The van der Waals surface area contributed by atoms with Crippen molar-refractivity contribution in [3.05, 3.63) is 63.6 Å². The van der Waals surface area contributed by atoms with Gasteiger partial charge in [0.2, 0.25) is 0 Å². The van der Waals surface area contributed by atoms with Crippen LogP contribution in [0.4, 0.5) is 0 Å². The van der Waals surface area contributed by atoms with E-state index in [-0.39, 0.29) is 5.78 Å². The second-order valence-corrected chi connectivity index (χ2v) is 5.32. The maximum Gasteiger partial charge on any atom is 0.167 e. The third-order valence-electron chi connectivity index (χ3n) is 3.02. The van der Waals surface area contributed by atoms with Crippen LogP contribution in [0.2, 0.25) is 0 Å². The van der Waals surface area contributed by atoms with Crippen molar-refractivity contribution < 1.29 is 9.53 Å². The molecule has 0 amide bonds. The number of aryl methyl sites for hydroxylation is 1. The lowest BCUT2D eigenvalue weighted by atomic mass is 9.99. The third kappa shape index (κ3) is 3.44. The fourth-order valence-corrected chi connectivity index (χ4v) is 2.28. The molecule has 0 heterocycles.